The van der Waals surface area contributed by atoms with Gasteiger partial charge in [-0.15, -0.1) is 0 Å². The first kappa shape index (κ1) is 11.3. The third-order valence-corrected chi connectivity index (χ3v) is 2.50. The monoisotopic (exact) mass is 202 g/mol. The first-order chi connectivity index (χ1) is 6.72. The van der Waals surface area contributed by atoms with Crippen LogP contribution in [0.25, 0.3) is 0 Å². The third-order valence-electron chi connectivity index (χ3n) is 2.50. The zero-order valence-electron chi connectivity index (χ0n) is 8.53. The molecule has 2 N–H and O–H groups in total. The van der Waals surface area contributed by atoms with Crippen LogP contribution in [-0.2, 0) is 4.74 Å². The quantitative estimate of drug-likeness (QED) is 0.691. The van der Waals surface area contributed by atoms with Crippen molar-refractivity contribution in [2.45, 2.75) is 18.9 Å². The number of hydrogen-bond donors (Lipinski definition) is 2. The van der Waals surface area contributed by atoms with Crippen molar-refractivity contribution in [1.29, 1.82) is 0 Å². The molecule has 1 aliphatic rings. The van der Waals surface area contributed by atoms with Crippen LogP contribution in [0.4, 0.5) is 4.79 Å². The first-order valence-corrected chi connectivity index (χ1v) is 4.94. The second-order valence-corrected chi connectivity index (χ2v) is 3.53. The van der Waals surface area contributed by atoms with Gasteiger partial charge in [-0.3, -0.25) is 4.90 Å². The number of piperidine rings is 1. The standard InChI is InChI=1S/C9H18N2O3/c1-14-8-3-2-5-11(7-8)6-4-10-9(12)13/h8,10H,2-7H2,1H3,(H,12,13). The maximum absolute atomic E-state index is 10.2. The molecule has 1 unspecified atom stereocenters. The Morgan fingerprint density at radius 2 is 2.50 bits per heavy atom. The zero-order chi connectivity index (χ0) is 10.4. The Labute approximate surface area is 84.0 Å². The van der Waals surface area contributed by atoms with Crippen molar-refractivity contribution < 1.29 is 14.6 Å². The van der Waals surface area contributed by atoms with Crippen molar-refractivity contribution in [3.8, 4) is 0 Å². The van der Waals surface area contributed by atoms with Crippen molar-refractivity contribution in [3.63, 3.8) is 0 Å². The van der Waals surface area contributed by atoms with Crippen molar-refractivity contribution in [2.75, 3.05) is 33.3 Å². The van der Waals surface area contributed by atoms with E-state index < -0.39 is 6.09 Å². The fourth-order valence-electron chi connectivity index (χ4n) is 1.73. The Morgan fingerprint density at radius 1 is 1.71 bits per heavy atom. The average Bonchev–Trinajstić information content (AvgIpc) is 2.18. The van der Waals surface area contributed by atoms with Gasteiger partial charge in [-0.05, 0) is 19.4 Å². The summed E-state index contributed by atoms with van der Waals surface area (Å²) in [6.45, 7) is 3.22. The van der Waals surface area contributed by atoms with Gasteiger partial charge in [-0.1, -0.05) is 0 Å². The Morgan fingerprint density at radius 3 is 3.14 bits per heavy atom. The molecule has 1 atom stereocenters. The normalized spacial score (nSPS) is 23.4. The fourth-order valence-corrected chi connectivity index (χ4v) is 1.73. The van der Waals surface area contributed by atoms with Crippen molar-refractivity contribution >= 4 is 6.09 Å². The highest BCUT2D eigenvalue weighted by Crippen LogP contribution is 2.11. The lowest BCUT2D eigenvalue weighted by molar-refractivity contribution is 0.0319. The molecular formula is C9H18N2O3. The van der Waals surface area contributed by atoms with Gasteiger partial charge in [0.25, 0.3) is 0 Å². The minimum atomic E-state index is -0.953. The molecular weight excluding hydrogens is 184 g/mol. The molecule has 0 bridgehead atoms. The summed E-state index contributed by atoms with van der Waals surface area (Å²) < 4.78 is 5.27. The molecule has 0 radical (unpaired) electrons. The van der Waals surface area contributed by atoms with Crippen LogP contribution in [0.15, 0.2) is 0 Å². The van der Waals surface area contributed by atoms with Gasteiger partial charge in [-0.25, -0.2) is 4.79 Å². The van der Waals surface area contributed by atoms with E-state index in [1.165, 1.54) is 0 Å². The smallest absolute Gasteiger partial charge is 0.404 e. The highest BCUT2D eigenvalue weighted by atomic mass is 16.5. The van der Waals surface area contributed by atoms with Crippen molar-refractivity contribution in [1.82, 2.24) is 10.2 Å². The van der Waals surface area contributed by atoms with E-state index in [1.807, 2.05) is 0 Å². The molecule has 1 fully saturated rings. The molecule has 0 aromatic carbocycles. The Kier molecular flexibility index (Phi) is 4.69. The van der Waals surface area contributed by atoms with Crippen LogP contribution in [0.1, 0.15) is 12.8 Å². The Balaban J connectivity index is 2.14. The SMILES string of the molecule is COC1CCCN(CCNC(=O)O)C1. The van der Waals surface area contributed by atoms with Crippen LogP contribution in [-0.4, -0.2) is 55.5 Å². The summed E-state index contributed by atoms with van der Waals surface area (Å²) in [6, 6.07) is 0. The van der Waals surface area contributed by atoms with Crippen LogP contribution in [0.2, 0.25) is 0 Å². The molecule has 1 rings (SSSR count). The van der Waals surface area contributed by atoms with Crippen LogP contribution in [0.5, 0.6) is 0 Å². The van der Waals surface area contributed by atoms with E-state index in [2.05, 4.69) is 10.2 Å². The molecule has 1 aliphatic heterocycles. The molecule has 0 spiro atoms. The van der Waals surface area contributed by atoms with Gasteiger partial charge in [0.2, 0.25) is 0 Å². The number of ether oxygens (including phenoxy) is 1. The van der Waals surface area contributed by atoms with E-state index in [9.17, 15) is 4.79 Å². The predicted octanol–water partition coefficient (Wildman–Crippen LogP) is 0.365. The van der Waals surface area contributed by atoms with Crippen LogP contribution >= 0.6 is 0 Å². The van der Waals surface area contributed by atoms with Gasteiger partial charge in [0, 0.05) is 26.7 Å². The second kappa shape index (κ2) is 5.82. The molecule has 0 saturated carbocycles. The van der Waals surface area contributed by atoms with E-state index in [1.54, 1.807) is 7.11 Å². The minimum absolute atomic E-state index is 0.313. The summed E-state index contributed by atoms with van der Waals surface area (Å²) in [4.78, 5) is 12.4. The van der Waals surface area contributed by atoms with Crippen molar-refractivity contribution in [3.05, 3.63) is 0 Å². The topological polar surface area (TPSA) is 61.8 Å². The van der Waals surface area contributed by atoms with Crippen LogP contribution in [0, 0.1) is 0 Å². The summed E-state index contributed by atoms with van der Waals surface area (Å²) in [6.07, 6.45) is 1.60. The van der Waals surface area contributed by atoms with E-state index in [0.717, 1.165) is 32.5 Å². The van der Waals surface area contributed by atoms with Gasteiger partial charge in [0.1, 0.15) is 0 Å². The number of amides is 1. The summed E-state index contributed by atoms with van der Waals surface area (Å²) in [5, 5.41) is 10.7. The summed E-state index contributed by atoms with van der Waals surface area (Å²) >= 11 is 0. The molecule has 0 aliphatic carbocycles. The lowest BCUT2D eigenvalue weighted by Gasteiger charge is -2.31. The number of carbonyl (C=O) groups is 1. The van der Waals surface area contributed by atoms with Gasteiger partial charge in [0.15, 0.2) is 0 Å². The second-order valence-electron chi connectivity index (χ2n) is 3.53. The van der Waals surface area contributed by atoms with E-state index in [4.69, 9.17) is 9.84 Å². The fraction of sp³-hybridized carbons (Fsp3) is 0.889. The predicted molar refractivity (Wildman–Crippen MR) is 52.5 cm³/mol. The maximum Gasteiger partial charge on any atom is 0.404 e. The van der Waals surface area contributed by atoms with E-state index in [0.29, 0.717) is 12.6 Å². The largest absolute Gasteiger partial charge is 0.465 e. The van der Waals surface area contributed by atoms with Gasteiger partial charge >= 0.3 is 6.09 Å². The molecule has 82 valence electrons. The number of nitrogens with one attached hydrogen (secondary N) is 1. The Hall–Kier alpha value is -0.810. The summed E-state index contributed by atoms with van der Waals surface area (Å²) in [7, 11) is 1.73. The van der Waals surface area contributed by atoms with Crippen molar-refractivity contribution in [2.24, 2.45) is 0 Å². The number of likely N-dealkylation sites (tertiary alicyclic amines) is 1. The van der Waals surface area contributed by atoms with Gasteiger partial charge < -0.3 is 15.2 Å². The van der Waals surface area contributed by atoms with E-state index in [-0.39, 0.29) is 0 Å². The highest BCUT2D eigenvalue weighted by molar-refractivity contribution is 5.64. The Bertz CT molecular complexity index is 187. The van der Waals surface area contributed by atoms with Crippen LogP contribution in [0.3, 0.4) is 0 Å². The molecule has 1 saturated heterocycles. The number of nitrogens with zero attached hydrogens (tertiary/aromatic N) is 1. The molecule has 1 heterocycles. The lowest BCUT2D eigenvalue weighted by atomic mass is 10.1. The average molecular weight is 202 g/mol. The van der Waals surface area contributed by atoms with Crippen LogP contribution < -0.4 is 5.32 Å². The zero-order valence-corrected chi connectivity index (χ0v) is 8.53. The number of rotatable bonds is 4. The molecule has 5 nitrogen and oxygen atoms in total. The minimum Gasteiger partial charge on any atom is -0.465 e. The number of carboxylic acid groups (broad SMARTS) is 1. The summed E-state index contributed by atoms with van der Waals surface area (Å²) in [5.74, 6) is 0. The third kappa shape index (κ3) is 3.93. The maximum atomic E-state index is 10.2. The molecule has 0 aromatic heterocycles. The summed E-state index contributed by atoms with van der Waals surface area (Å²) in [5.41, 5.74) is 0. The van der Waals surface area contributed by atoms with Gasteiger partial charge in [-0.2, -0.15) is 0 Å². The number of methoxy groups -OCH3 is 1. The lowest BCUT2D eigenvalue weighted by Crippen LogP contribution is -2.42. The molecule has 1 amide bonds. The molecule has 0 aromatic rings. The molecule has 5 heteroatoms. The van der Waals surface area contributed by atoms with Gasteiger partial charge in [0.05, 0.1) is 6.10 Å². The van der Waals surface area contributed by atoms with E-state index >= 15 is 0 Å². The molecule has 14 heavy (non-hydrogen) atoms. The highest BCUT2D eigenvalue weighted by Gasteiger charge is 2.18. The first-order valence-electron chi connectivity index (χ1n) is 4.94. The number of hydrogen-bond acceptors (Lipinski definition) is 3.